The average molecular weight is 401 g/mol. The number of amides is 1. The molecule has 0 unspecified atom stereocenters. The standard InChI is InChI=1S/C20H20FN3O3S/c1-13(15-8-4-3-5-9-15)22-18(25)12-28-20-24-23-19(27-20)14(2)26-17-11-7-6-10-16(17)21/h3-11,13-14H,12H2,1-2H3,(H,22,25)/t13-,14-/m1/s1. The number of ether oxygens (including phenoxy) is 1. The molecule has 0 saturated heterocycles. The predicted molar refractivity (Wildman–Crippen MR) is 103 cm³/mol. The van der Waals surface area contributed by atoms with Crippen LogP contribution in [0.1, 0.15) is 37.4 Å². The lowest BCUT2D eigenvalue weighted by Gasteiger charge is -2.13. The molecular weight excluding hydrogens is 381 g/mol. The molecule has 1 aromatic heterocycles. The van der Waals surface area contributed by atoms with Crippen LogP contribution in [0.5, 0.6) is 5.75 Å². The average Bonchev–Trinajstić information content (AvgIpc) is 3.18. The molecule has 0 aliphatic heterocycles. The molecule has 3 rings (SSSR count). The summed E-state index contributed by atoms with van der Waals surface area (Å²) in [4.78, 5) is 12.1. The molecule has 0 aliphatic carbocycles. The van der Waals surface area contributed by atoms with Crippen molar-refractivity contribution >= 4 is 17.7 Å². The van der Waals surface area contributed by atoms with Crippen LogP contribution in [0, 0.1) is 5.82 Å². The van der Waals surface area contributed by atoms with Gasteiger partial charge in [0.15, 0.2) is 17.7 Å². The molecule has 2 atom stereocenters. The number of para-hydroxylation sites is 1. The first-order valence-electron chi connectivity index (χ1n) is 8.74. The first kappa shape index (κ1) is 19.9. The summed E-state index contributed by atoms with van der Waals surface area (Å²) in [7, 11) is 0. The van der Waals surface area contributed by atoms with Gasteiger partial charge >= 0.3 is 0 Å². The van der Waals surface area contributed by atoms with Gasteiger partial charge in [0.25, 0.3) is 11.1 Å². The van der Waals surface area contributed by atoms with Crippen LogP contribution in [0.3, 0.4) is 0 Å². The molecule has 0 fully saturated rings. The third kappa shape index (κ3) is 5.32. The normalized spacial score (nSPS) is 13.0. The summed E-state index contributed by atoms with van der Waals surface area (Å²) in [5.74, 6) is -0.147. The van der Waals surface area contributed by atoms with Gasteiger partial charge in [-0.15, -0.1) is 10.2 Å². The number of hydrogen-bond donors (Lipinski definition) is 1. The van der Waals surface area contributed by atoms with Gasteiger partial charge in [-0.05, 0) is 31.5 Å². The van der Waals surface area contributed by atoms with E-state index >= 15 is 0 Å². The molecule has 1 amide bonds. The Labute approximate surface area is 166 Å². The van der Waals surface area contributed by atoms with Gasteiger partial charge in [0, 0.05) is 0 Å². The number of carbonyl (C=O) groups excluding carboxylic acids is 1. The van der Waals surface area contributed by atoms with E-state index < -0.39 is 11.9 Å². The van der Waals surface area contributed by atoms with E-state index in [4.69, 9.17) is 9.15 Å². The zero-order valence-corrected chi connectivity index (χ0v) is 16.3. The Bertz CT molecular complexity index is 920. The molecule has 146 valence electrons. The number of rotatable bonds is 8. The van der Waals surface area contributed by atoms with Crippen molar-refractivity contribution in [3.63, 3.8) is 0 Å². The minimum atomic E-state index is -0.620. The van der Waals surface area contributed by atoms with Gasteiger partial charge < -0.3 is 14.5 Å². The van der Waals surface area contributed by atoms with Gasteiger partial charge in [-0.2, -0.15) is 0 Å². The lowest BCUT2D eigenvalue weighted by atomic mass is 10.1. The zero-order valence-electron chi connectivity index (χ0n) is 15.5. The first-order chi connectivity index (χ1) is 13.5. The lowest BCUT2D eigenvalue weighted by molar-refractivity contribution is -0.119. The molecule has 1 N–H and O–H groups in total. The van der Waals surface area contributed by atoms with Crippen LogP contribution in [-0.2, 0) is 4.79 Å². The van der Waals surface area contributed by atoms with Crippen LogP contribution in [0.25, 0.3) is 0 Å². The van der Waals surface area contributed by atoms with E-state index in [1.165, 1.54) is 12.1 Å². The van der Waals surface area contributed by atoms with Crippen LogP contribution >= 0.6 is 11.8 Å². The molecule has 28 heavy (non-hydrogen) atoms. The molecule has 0 saturated carbocycles. The van der Waals surface area contributed by atoms with Gasteiger partial charge in [-0.25, -0.2) is 4.39 Å². The van der Waals surface area contributed by atoms with Crippen LogP contribution in [0.15, 0.2) is 64.2 Å². The molecule has 0 bridgehead atoms. The number of nitrogens with zero attached hydrogens (tertiary/aromatic N) is 2. The highest BCUT2D eigenvalue weighted by Crippen LogP contribution is 2.25. The van der Waals surface area contributed by atoms with Gasteiger partial charge in [0.1, 0.15) is 0 Å². The first-order valence-corrected chi connectivity index (χ1v) is 9.73. The fraction of sp³-hybridized carbons (Fsp3) is 0.250. The Kier molecular flexibility index (Phi) is 6.65. The van der Waals surface area contributed by atoms with Crippen molar-refractivity contribution in [3.05, 3.63) is 71.9 Å². The summed E-state index contributed by atoms with van der Waals surface area (Å²) < 4.78 is 24.7. The predicted octanol–water partition coefficient (Wildman–Crippen LogP) is 4.32. The van der Waals surface area contributed by atoms with Crippen LogP contribution in [0.2, 0.25) is 0 Å². The van der Waals surface area contributed by atoms with Crippen molar-refractivity contribution in [2.24, 2.45) is 0 Å². The van der Waals surface area contributed by atoms with Crippen molar-refractivity contribution in [2.45, 2.75) is 31.2 Å². The van der Waals surface area contributed by atoms with Crippen LogP contribution in [0.4, 0.5) is 4.39 Å². The number of hydrogen-bond acceptors (Lipinski definition) is 6. The minimum absolute atomic E-state index is 0.0956. The second kappa shape index (κ2) is 9.36. The largest absolute Gasteiger partial charge is 0.478 e. The summed E-state index contributed by atoms with van der Waals surface area (Å²) in [5.41, 5.74) is 1.03. The summed E-state index contributed by atoms with van der Waals surface area (Å²) in [5, 5.41) is 11.0. The minimum Gasteiger partial charge on any atom is -0.478 e. The SMILES string of the molecule is C[C@@H](NC(=O)CSc1nnc([C@@H](C)Oc2ccccc2F)o1)c1ccccc1. The van der Waals surface area contributed by atoms with Crippen molar-refractivity contribution in [1.29, 1.82) is 0 Å². The quantitative estimate of drug-likeness (QED) is 0.567. The van der Waals surface area contributed by atoms with E-state index in [0.29, 0.717) is 0 Å². The third-order valence-electron chi connectivity index (χ3n) is 3.91. The Balaban J connectivity index is 1.50. The fourth-order valence-corrected chi connectivity index (χ4v) is 3.04. The van der Waals surface area contributed by atoms with Crippen molar-refractivity contribution in [3.8, 4) is 5.75 Å². The Morgan fingerprint density at radius 2 is 1.86 bits per heavy atom. The number of benzene rings is 2. The Morgan fingerprint density at radius 1 is 1.14 bits per heavy atom. The second-order valence-corrected chi connectivity index (χ2v) is 7.01. The molecule has 0 spiro atoms. The smallest absolute Gasteiger partial charge is 0.277 e. The number of carbonyl (C=O) groups is 1. The van der Waals surface area contributed by atoms with E-state index in [2.05, 4.69) is 15.5 Å². The Hall–Kier alpha value is -2.87. The number of aromatic nitrogens is 2. The maximum Gasteiger partial charge on any atom is 0.277 e. The summed E-state index contributed by atoms with van der Waals surface area (Å²) in [6.45, 7) is 3.60. The van der Waals surface area contributed by atoms with E-state index in [-0.39, 0.29) is 34.6 Å². The van der Waals surface area contributed by atoms with E-state index in [1.807, 2.05) is 37.3 Å². The topological polar surface area (TPSA) is 77.2 Å². The summed E-state index contributed by atoms with van der Waals surface area (Å²) in [6, 6.07) is 15.7. The van der Waals surface area contributed by atoms with E-state index in [9.17, 15) is 9.18 Å². The van der Waals surface area contributed by atoms with Crippen LogP contribution < -0.4 is 10.1 Å². The molecule has 0 aliphatic rings. The second-order valence-electron chi connectivity index (χ2n) is 6.09. The van der Waals surface area contributed by atoms with E-state index in [1.54, 1.807) is 19.1 Å². The molecule has 0 radical (unpaired) electrons. The van der Waals surface area contributed by atoms with Gasteiger partial charge in [-0.1, -0.05) is 54.2 Å². The molecule has 3 aromatic rings. The molecule has 2 aromatic carbocycles. The number of nitrogens with one attached hydrogen (secondary N) is 1. The third-order valence-corrected chi connectivity index (χ3v) is 4.73. The number of thioether (sulfide) groups is 1. The fourth-order valence-electron chi connectivity index (χ4n) is 2.46. The van der Waals surface area contributed by atoms with E-state index in [0.717, 1.165) is 17.3 Å². The van der Waals surface area contributed by atoms with Gasteiger partial charge in [-0.3, -0.25) is 4.79 Å². The summed E-state index contributed by atoms with van der Waals surface area (Å²) in [6.07, 6.45) is -0.620. The highest BCUT2D eigenvalue weighted by atomic mass is 32.2. The Morgan fingerprint density at radius 3 is 2.61 bits per heavy atom. The number of halogens is 1. The van der Waals surface area contributed by atoms with Crippen molar-refractivity contribution < 1.29 is 18.3 Å². The summed E-state index contributed by atoms with van der Waals surface area (Å²) >= 11 is 1.13. The zero-order chi connectivity index (χ0) is 19.9. The maximum absolute atomic E-state index is 13.7. The van der Waals surface area contributed by atoms with Crippen molar-refractivity contribution in [1.82, 2.24) is 15.5 Å². The lowest BCUT2D eigenvalue weighted by Crippen LogP contribution is -2.28. The van der Waals surface area contributed by atoms with Crippen molar-refractivity contribution in [2.75, 3.05) is 5.75 Å². The highest BCUT2D eigenvalue weighted by Gasteiger charge is 2.18. The van der Waals surface area contributed by atoms with Gasteiger partial charge in [0.2, 0.25) is 5.91 Å². The monoisotopic (exact) mass is 401 g/mol. The van der Waals surface area contributed by atoms with Crippen LogP contribution in [-0.4, -0.2) is 21.9 Å². The maximum atomic E-state index is 13.7. The molecule has 8 heteroatoms. The molecule has 6 nitrogen and oxygen atoms in total. The highest BCUT2D eigenvalue weighted by molar-refractivity contribution is 7.99. The molecular formula is C20H20FN3O3S. The molecule has 1 heterocycles. The van der Waals surface area contributed by atoms with Gasteiger partial charge in [0.05, 0.1) is 11.8 Å².